The van der Waals surface area contributed by atoms with Gasteiger partial charge in [0.05, 0.1) is 35.9 Å². The van der Waals surface area contributed by atoms with E-state index in [1.165, 1.54) is 29.2 Å². The van der Waals surface area contributed by atoms with E-state index >= 15 is 0 Å². The van der Waals surface area contributed by atoms with Gasteiger partial charge in [-0.15, -0.1) is 5.10 Å². The zero-order valence-corrected chi connectivity index (χ0v) is 15.3. The fraction of sp³-hybridized carbons (Fsp3) is 0.278. The van der Waals surface area contributed by atoms with Crippen LogP contribution in [0.2, 0.25) is 0 Å². The minimum atomic E-state index is -1.03. The first-order valence-corrected chi connectivity index (χ1v) is 8.58. The van der Waals surface area contributed by atoms with Crippen molar-refractivity contribution in [2.24, 2.45) is 0 Å². The zero-order chi connectivity index (χ0) is 20.3. The Hall–Kier alpha value is -3.56. The van der Waals surface area contributed by atoms with Gasteiger partial charge in [-0.05, 0) is 30.2 Å². The normalized spacial score (nSPS) is 11.0. The lowest BCUT2D eigenvalue weighted by molar-refractivity contribution is -0.137. The Balaban J connectivity index is 1.77. The maximum Gasteiger partial charge on any atom is 0.325 e. The van der Waals surface area contributed by atoms with Gasteiger partial charge < -0.3 is 10.4 Å². The number of aliphatic carboxylic acids is 1. The van der Waals surface area contributed by atoms with Crippen molar-refractivity contribution in [3.05, 3.63) is 59.4 Å². The maximum absolute atomic E-state index is 13.2. The van der Waals surface area contributed by atoms with E-state index in [2.05, 4.69) is 20.7 Å². The van der Waals surface area contributed by atoms with Gasteiger partial charge in [-0.1, -0.05) is 19.1 Å². The van der Waals surface area contributed by atoms with Crippen molar-refractivity contribution in [2.45, 2.75) is 32.9 Å². The molecular formula is C18H19FN6O3. The van der Waals surface area contributed by atoms with E-state index in [1.54, 1.807) is 16.8 Å². The molecule has 3 rings (SSSR count). The van der Waals surface area contributed by atoms with Crippen LogP contribution in [0.1, 0.15) is 41.5 Å². The summed E-state index contributed by atoms with van der Waals surface area (Å²) in [6.07, 6.45) is 2.93. The van der Waals surface area contributed by atoms with Gasteiger partial charge in [-0.25, -0.2) is 13.8 Å². The van der Waals surface area contributed by atoms with Crippen molar-refractivity contribution in [2.75, 3.05) is 0 Å². The molecule has 146 valence electrons. The number of nitrogens with one attached hydrogen (secondary N) is 1. The Labute approximate surface area is 159 Å². The van der Waals surface area contributed by atoms with Crippen molar-refractivity contribution < 1.29 is 19.1 Å². The average molecular weight is 386 g/mol. The standard InChI is InChI=1S/C18H19FN6O3/c1-11(2)17-15(8-21-25(17)14-5-3-12(19)4-6-14)18(28)20-7-13-9-24(23-22-13)10-16(26)27/h3-6,8-9,11H,7,10H2,1-2H3,(H,20,28)(H,26,27). The second-order valence-corrected chi connectivity index (χ2v) is 6.47. The summed E-state index contributed by atoms with van der Waals surface area (Å²) in [5, 5.41) is 23.3. The molecule has 10 heteroatoms. The van der Waals surface area contributed by atoms with Crippen molar-refractivity contribution >= 4 is 11.9 Å². The monoisotopic (exact) mass is 386 g/mol. The molecule has 1 amide bonds. The van der Waals surface area contributed by atoms with Crippen LogP contribution in [0.15, 0.2) is 36.7 Å². The first-order valence-electron chi connectivity index (χ1n) is 8.58. The van der Waals surface area contributed by atoms with E-state index in [9.17, 15) is 14.0 Å². The third kappa shape index (κ3) is 4.22. The Morgan fingerprint density at radius 2 is 1.96 bits per heavy atom. The molecule has 0 aliphatic heterocycles. The first kappa shape index (κ1) is 19.2. The number of hydrogen-bond acceptors (Lipinski definition) is 5. The van der Waals surface area contributed by atoms with Crippen molar-refractivity contribution in [1.82, 2.24) is 30.1 Å². The largest absolute Gasteiger partial charge is 0.480 e. The Bertz CT molecular complexity index is 993. The summed E-state index contributed by atoms with van der Waals surface area (Å²) in [5.74, 6) is -1.74. The number of carbonyl (C=O) groups is 2. The van der Waals surface area contributed by atoms with E-state index in [-0.39, 0.29) is 30.7 Å². The highest BCUT2D eigenvalue weighted by Crippen LogP contribution is 2.23. The summed E-state index contributed by atoms with van der Waals surface area (Å²) >= 11 is 0. The lowest BCUT2D eigenvalue weighted by Crippen LogP contribution is -2.24. The number of carboxylic acid groups (broad SMARTS) is 1. The molecule has 0 radical (unpaired) electrons. The summed E-state index contributed by atoms with van der Waals surface area (Å²) in [5.41, 5.74) is 2.18. The van der Waals surface area contributed by atoms with E-state index in [1.807, 2.05) is 13.8 Å². The molecule has 0 atom stereocenters. The molecule has 0 unspecified atom stereocenters. The number of hydrogen-bond donors (Lipinski definition) is 2. The summed E-state index contributed by atoms with van der Waals surface area (Å²) in [6.45, 7) is 3.66. The van der Waals surface area contributed by atoms with E-state index in [0.717, 1.165) is 0 Å². The minimum Gasteiger partial charge on any atom is -0.480 e. The molecular weight excluding hydrogens is 367 g/mol. The fourth-order valence-corrected chi connectivity index (χ4v) is 2.78. The van der Waals surface area contributed by atoms with Gasteiger partial charge in [-0.3, -0.25) is 9.59 Å². The van der Waals surface area contributed by atoms with Crippen LogP contribution in [0.25, 0.3) is 5.69 Å². The summed E-state index contributed by atoms with van der Waals surface area (Å²) in [7, 11) is 0. The topological polar surface area (TPSA) is 115 Å². The Kier molecular flexibility index (Phi) is 5.48. The average Bonchev–Trinajstić information content (AvgIpc) is 3.27. The number of nitrogens with zero attached hydrogens (tertiary/aromatic N) is 5. The minimum absolute atomic E-state index is 0.00950. The molecule has 0 aliphatic carbocycles. The van der Waals surface area contributed by atoms with Crippen LogP contribution in [-0.4, -0.2) is 41.8 Å². The van der Waals surface area contributed by atoms with Gasteiger partial charge in [0.15, 0.2) is 0 Å². The Morgan fingerprint density at radius 1 is 1.25 bits per heavy atom. The van der Waals surface area contributed by atoms with Gasteiger partial charge in [-0.2, -0.15) is 5.10 Å². The number of halogens is 1. The van der Waals surface area contributed by atoms with Crippen LogP contribution >= 0.6 is 0 Å². The summed E-state index contributed by atoms with van der Waals surface area (Å²) < 4.78 is 16.0. The quantitative estimate of drug-likeness (QED) is 0.639. The summed E-state index contributed by atoms with van der Waals surface area (Å²) in [4.78, 5) is 23.3. The lowest BCUT2D eigenvalue weighted by atomic mass is 10.0. The van der Waals surface area contributed by atoms with E-state index in [4.69, 9.17) is 5.11 Å². The van der Waals surface area contributed by atoms with Crippen LogP contribution in [-0.2, 0) is 17.9 Å². The fourth-order valence-electron chi connectivity index (χ4n) is 2.78. The molecule has 9 nitrogen and oxygen atoms in total. The van der Waals surface area contributed by atoms with Crippen molar-refractivity contribution in [1.29, 1.82) is 0 Å². The van der Waals surface area contributed by atoms with Gasteiger partial charge in [0, 0.05) is 0 Å². The zero-order valence-electron chi connectivity index (χ0n) is 15.3. The van der Waals surface area contributed by atoms with Gasteiger partial charge >= 0.3 is 5.97 Å². The van der Waals surface area contributed by atoms with Crippen LogP contribution in [0.4, 0.5) is 4.39 Å². The molecule has 0 saturated carbocycles. The molecule has 2 heterocycles. The van der Waals surface area contributed by atoms with Crippen LogP contribution in [0.3, 0.4) is 0 Å². The Morgan fingerprint density at radius 3 is 2.61 bits per heavy atom. The summed E-state index contributed by atoms with van der Waals surface area (Å²) in [6, 6.07) is 5.86. The molecule has 2 N–H and O–H groups in total. The highest BCUT2D eigenvalue weighted by molar-refractivity contribution is 5.95. The number of rotatable bonds is 7. The van der Waals surface area contributed by atoms with Gasteiger partial charge in [0.1, 0.15) is 18.1 Å². The maximum atomic E-state index is 13.2. The van der Waals surface area contributed by atoms with E-state index in [0.29, 0.717) is 22.6 Å². The molecule has 0 fully saturated rings. The number of benzene rings is 1. The molecule has 1 aromatic carbocycles. The second kappa shape index (κ2) is 7.99. The number of aromatic nitrogens is 5. The number of carboxylic acids is 1. The molecule has 0 saturated heterocycles. The highest BCUT2D eigenvalue weighted by Gasteiger charge is 2.21. The first-order chi connectivity index (χ1) is 13.3. The van der Waals surface area contributed by atoms with Gasteiger partial charge in [0.2, 0.25) is 0 Å². The SMILES string of the molecule is CC(C)c1c(C(=O)NCc2cn(CC(=O)O)nn2)cnn1-c1ccc(F)cc1. The lowest BCUT2D eigenvalue weighted by Gasteiger charge is -2.12. The van der Waals surface area contributed by atoms with Crippen LogP contribution in [0, 0.1) is 5.82 Å². The second-order valence-electron chi connectivity index (χ2n) is 6.47. The third-order valence-corrected chi connectivity index (χ3v) is 3.98. The van der Waals surface area contributed by atoms with Crippen molar-refractivity contribution in [3.8, 4) is 5.69 Å². The van der Waals surface area contributed by atoms with Crippen molar-refractivity contribution in [3.63, 3.8) is 0 Å². The molecule has 0 bridgehead atoms. The van der Waals surface area contributed by atoms with E-state index < -0.39 is 5.97 Å². The molecule has 0 aliphatic rings. The number of carbonyl (C=O) groups excluding carboxylic acids is 1. The molecule has 0 spiro atoms. The van der Waals surface area contributed by atoms with Crippen LogP contribution < -0.4 is 5.32 Å². The smallest absolute Gasteiger partial charge is 0.325 e. The number of amides is 1. The predicted molar refractivity (Wildman–Crippen MR) is 96.4 cm³/mol. The van der Waals surface area contributed by atoms with Gasteiger partial charge in [0.25, 0.3) is 5.91 Å². The highest BCUT2D eigenvalue weighted by atomic mass is 19.1. The molecule has 28 heavy (non-hydrogen) atoms. The molecule has 2 aromatic heterocycles. The third-order valence-electron chi connectivity index (χ3n) is 3.98. The van der Waals surface area contributed by atoms with Crippen LogP contribution in [0.5, 0.6) is 0 Å². The predicted octanol–water partition coefficient (Wildman–Crippen LogP) is 1.74. The molecule has 3 aromatic rings.